The standard InChI is InChI=1S/C20H15ClN2O2S/c1-13-7-8-16(21)17(10-13)24-12-14-4-2-5-15(11-14)20-22-19(23-25-20)18-6-3-9-26-18/h2-11H,12H2,1H3. The highest BCUT2D eigenvalue weighted by Gasteiger charge is 2.12. The van der Waals surface area contributed by atoms with E-state index in [1.165, 1.54) is 0 Å². The van der Waals surface area contributed by atoms with Crippen molar-refractivity contribution in [1.29, 1.82) is 0 Å². The molecule has 0 unspecified atom stereocenters. The van der Waals surface area contributed by atoms with Crippen molar-refractivity contribution in [3.63, 3.8) is 0 Å². The van der Waals surface area contributed by atoms with Crippen LogP contribution < -0.4 is 4.74 Å². The van der Waals surface area contributed by atoms with Gasteiger partial charge in [-0.25, -0.2) is 0 Å². The SMILES string of the molecule is Cc1ccc(Cl)c(OCc2cccc(-c3nc(-c4cccs4)no3)c2)c1. The number of hydrogen-bond donors (Lipinski definition) is 0. The molecule has 4 nitrogen and oxygen atoms in total. The van der Waals surface area contributed by atoms with Crippen molar-refractivity contribution in [3.05, 3.63) is 76.1 Å². The first-order valence-electron chi connectivity index (χ1n) is 8.05. The van der Waals surface area contributed by atoms with E-state index < -0.39 is 0 Å². The molecule has 0 saturated carbocycles. The van der Waals surface area contributed by atoms with Crippen molar-refractivity contribution in [2.24, 2.45) is 0 Å². The molecule has 2 heterocycles. The normalized spacial score (nSPS) is 10.8. The lowest BCUT2D eigenvalue weighted by Gasteiger charge is -2.09. The third kappa shape index (κ3) is 3.64. The zero-order chi connectivity index (χ0) is 17.9. The Morgan fingerprint density at radius 3 is 2.88 bits per heavy atom. The minimum atomic E-state index is 0.406. The van der Waals surface area contributed by atoms with Gasteiger partial charge in [-0.05, 0) is 53.8 Å². The number of hydrogen-bond acceptors (Lipinski definition) is 5. The lowest BCUT2D eigenvalue weighted by molar-refractivity contribution is 0.306. The number of halogens is 1. The molecule has 0 N–H and O–H groups in total. The minimum Gasteiger partial charge on any atom is -0.487 e. The number of rotatable bonds is 5. The number of nitrogens with zero attached hydrogens (tertiary/aromatic N) is 2. The third-order valence-corrected chi connectivity index (χ3v) is 5.00. The summed E-state index contributed by atoms with van der Waals surface area (Å²) < 4.78 is 11.3. The zero-order valence-electron chi connectivity index (χ0n) is 14.0. The minimum absolute atomic E-state index is 0.406. The summed E-state index contributed by atoms with van der Waals surface area (Å²) in [5.74, 6) is 1.77. The molecule has 2 aromatic carbocycles. The third-order valence-electron chi connectivity index (χ3n) is 3.82. The van der Waals surface area contributed by atoms with E-state index in [9.17, 15) is 0 Å². The molecule has 0 amide bonds. The van der Waals surface area contributed by atoms with Gasteiger partial charge in [-0.15, -0.1) is 11.3 Å². The van der Waals surface area contributed by atoms with E-state index >= 15 is 0 Å². The summed E-state index contributed by atoms with van der Waals surface area (Å²) in [6.45, 7) is 2.41. The van der Waals surface area contributed by atoms with Gasteiger partial charge in [-0.2, -0.15) is 4.98 Å². The molecular formula is C20H15ClN2O2S. The molecule has 0 spiro atoms. The lowest BCUT2D eigenvalue weighted by atomic mass is 10.1. The Kier molecular flexibility index (Phi) is 4.73. The molecule has 0 aliphatic heterocycles. The zero-order valence-corrected chi connectivity index (χ0v) is 15.6. The van der Waals surface area contributed by atoms with Gasteiger partial charge < -0.3 is 9.26 Å². The molecule has 130 valence electrons. The summed E-state index contributed by atoms with van der Waals surface area (Å²) in [6.07, 6.45) is 0. The van der Waals surface area contributed by atoms with Crippen LogP contribution in [0.2, 0.25) is 5.02 Å². The van der Waals surface area contributed by atoms with Gasteiger partial charge in [0.15, 0.2) is 0 Å². The van der Waals surface area contributed by atoms with E-state index in [1.54, 1.807) is 11.3 Å². The second-order valence-corrected chi connectivity index (χ2v) is 7.18. The van der Waals surface area contributed by atoms with E-state index in [0.717, 1.165) is 21.6 Å². The number of ether oxygens (including phenoxy) is 1. The summed E-state index contributed by atoms with van der Waals surface area (Å²) >= 11 is 7.76. The molecule has 0 atom stereocenters. The molecular weight excluding hydrogens is 368 g/mol. The van der Waals surface area contributed by atoms with Gasteiger partial charge >= 0.3 is 0 Å². The van der Waals surface area contributed by atoms with Crippen molar-refractivity contribution < 1.29 is 9.26 Å². The number of thiophene rings is 1. The van der Waals surface area contributed by atoms with E-state index in [1.807, 2.05) is 66.9 Å². The molecule has 26 heavy (non-hydrogen) atoms. The van der Waals surface area contributed by atoms with Gasteiger partial charge in [0, 0.05) is 5.56 Å². The summed E-state index contributed by atoms with van der Waals surface area (Å²) in [5, 5.41) is 6.64. The van der Waals surface area contributed by atoms with Crippen LogP contribution in [0.4, 0.5) is 0 Å². The van der Waals surface area contributed by atoms with Crippen molar-refractivity contribution in [3.8, 4) is 27.9 Å². The highest BCUT2D eigenvalue weighted by atomic mass is 35.5. The maximum Gasteiger partial charge on any atom is 0.258 e. The first-order chi connectivity index (χ1) is 12.7. The molecule has 0 saturated heterocycles. The second kappa shape index (κ2) is 7.32. The van der Waals surface area contributed by atoms with Gasteiger partial charge in [0.1, 0.15) is 12.4 Å². The van der Waals surface area contributed by atoms with E-state index in [2.05, 4.69) is 10.1 Å². The van der Waals surface area contributed by atoms with Crippen LogP contribution in [0.3, 0.4) is 0 Å². The predicted octanol–water partition coefficient (Wildman–Crippen LogP) is 6.01. The van der Waals surface area contributed by atoms with Crippen molar-refractivity contribution in [1.82, 2.24) is 10.1 Å². The Balaban J connectivity index is 1.52. The second-order valence-electron chi connectivity index (χ2n) is 5.82. The molecule has 0 radical (unpaired) electrons. The van der Waals surface area contributed by atoms with Crippen LogP contribution in [0, 0.1) is 6.92 Å². The fourth-order valence-corrected chi connectivity index (χ4v) is 3.34. The monoisotopic (exact) mass is 382 g/mol. The van der Waals surface area contributed by atoms with Crippen molar-refractivity contribution in [2.45, 2.75) is 13.5 Å². The Morgan fingerprint density at radius 1 is 1.12 bits per heavy atom. The summed E-state index contributed by atoms with van der Waals surface area (Å²) in [6, 6.07) is 17.5. The van der Waals surface area contributed by atoms with Crippen molar-refractivity contribution in [2.75, 3.05) is 0 Å². The molecule has 6 heteroatoms. The fraction of sp³-hybridized carbons (Fsp3) is 0.100. The highest BCUT2D eigenvalue weighted by Crippen LogP contribution is 2.28. The summed E-state index contributed by atoms with van der Waals surface area (Å²) in [5.41, 5.74) is 2.96. The molecule has 0 bridgehead atoms. The Bertz CT molecular complexity index is 1030. The van der Waals surface area contributed by atoms with Crippen LogP contribution in [0.5, 0.6) is 5.75 Å². The number of benzene rings is 2. The summed E-state index contributed by atoms with van der Waals surface area (Å²) in [4.78, 5) is 5.46. The molecule has 2 aromatic heterocycles. The van der Waals surface area contributed by atoms with Crippen LogP contribution in [0.15, 0.2) is 64.5 Å². The van der Waals surface area contributed by atoms with E-state index in [-0.39, 0.29) is 0 Å². The Labute approximate surface area is 160 Å². The quantitative estimate of drug-likeness (QED) is 0.424. The molecule has 4 rings (SSSR count). The van der Waals surface area contributed by atoms with Gasteiger partial charge in [0.05, 0.1) is 9.90 Å². The van der Waals surface area contributed by atoms with E-state index in [4.69, 9.17) is 20.9 Å². The van der Waals surface area contributed by atoms with Crippen LogP contribution in [-0.4, -0.2) is 10.1 Å². The van der Waals surface area contributed by atoms with Crippen LogP contribution >= 0.6 is 22.9 Å². The van der Waals surface area contributed by atoms with Crippen LogP contribution in [0.1, 0.15) is 11.1 Å². The largest absolute Gasteiger partial charge is 0.487 e. The maximum absolute atomic E-state index is 6.18. The van der Waals surface area contributed by atoms with Gasteiger partial charge in [-0.1, -0.05) is 41.0 Å². The van der Waals surface area contributed by atoms with E-state index in [0.29, 0.717) is 29.1 Å². The first-order valence-corrected chi connectivity index (χ1v) is 9.31. The molecule has 0 aliphatic carbocycles. The van der Waals surface area contributed by atoms with Gasteiger partial charge in [0.2, 0.25) is 5.82 Å². The lowest BCUT2D eigenvalue weighted by Crippen LogP contribution is -1.96. The number of aryl methyl sites for hydroxylation is 1. The van der Waals surface area contributed by atoms with Crippen molar-refractivity contribution >= 4 is 22.9 Å². The average molecular weight is 383 g/mol. The Morgan fingerprint density at radius 2 is 2.04 bits per heavy atom. The highest BCUT2D eigenvalue weighted by molar-refractivity contribution is 7.13. The maximum atomic E-state index is 6.18. The number of aromatic nitrogens is 2. The molecule has 0 aliphatic rings. The smallest absolute Gasteiger partial charge is 0.258 e. The Hall–Kier alpha value is -2.63. The van der Waals surface area contributed by atoms with Gasteiger partial charge in [0.25, 0.3) is 5.89 Å². The molecule has 4 aromatic rings. The summed E-state index contributed by atoms with van der Waals surface area (Å²) in [7, 11) is 0. The topological polar surface area (TPSA) is 48.2 Å². The average Bonchev–Trinajstić information content (AvgIpc) is 3.34. The first kappa shape index (κ1) is 16.8. The van der Waals surface area contributed by atoms with Gasteiger partial charge in [-0.3, -0.25) is 0 Å². The van der Waals surface area contributed by atoms with Crippen LogP contribution in [-0.2, 0) is 6.61 Å². The fourth-order valence-electron chi connectivity index (χ4n) is 2.52. The molecule has 0 fully saturated rings. The predicted molar refractivity (Wildman–Crippen MR) is 104 cm³/mol. The van der Waals surface area contributed by atoms with Crippen LogP contribution in [0.25, 0.3) is 22.2 Å².